The molecule has 1 saturated heterocycles. The maximum atomic E-state index is 13.4. The third-order valence-corrected chi connectivity index (χ3v) is 3.83. The standard InChI is InChI=1S/C14H14ClF3N2O4/c1-2-24-11(21)9-10(7-3-5-8(15)6-4-7)19-12(22)20-13(9,23)14(16,17)18/h3-6,9-10,23H,2H2,1H3,(H2,19,20,22)/t9-,10+,13-/m1/s1. The Morgan fingerprint density at radius 2 is 1.96 bits per heavy atom. The lowest BCUT2D eigenvalue weighted by Crippen LogP contribution is -2.73. The van der Waals surface area contributed by atoms with Gasteiger partial charge in [0.05, 0.1) is 12.6 Å². The van der Waals surface area contributed by atoms with Gasteiger partial charge in [-0.2, -0.15) is 13.2 Å². The summed E-state index contributed by atoms with van der Waals surface area (Å²) in [5.41, 5.74) is -3.61. The van der Waals surface area contributed by atoms with Crippen LogP contribution in [0.3, 0.4) is 0 Å². The van der Waals surface area contributed by atoms with Crippen LogP contribution in [-0.4, -0.2) is 35.6 Å². The minimum atomic E-state index is -5.30. The molecule has 1 aliphatic rings. The Bertz CT molecular complexity index is 638. The number of benzene rings is 1. The monoisotopic (exact) mass is 366 g/mol. The third kappa shape index (κ3) is 3.27. The van der Waals surface area contributed by atoms with Gasteiger partial charge in [0.25, 0.3) is 5.72 Å². The number of alkyl halides is 3. The van der Waals surface area contributed by atoms with Crippen molar-refractivity contribution in [1.29, 1.82) is 0 Å². The first-order valence-corrected chi connectivity index (χ1v) is 7.28. The Hall–Kier alpha value is -2.00. The third-order valence-electron chi connectivity index (χ3n) is 3.58. The van der Waals surface area contributed by atoms with Crippen molar-refractivity contribution in [2.75, 3.05) is 6.61 Å². The smallest absolute Gasteiger partial charge is 0.437 e. The molecule has 0 radical (unpaired) electrons. The highest BCUT2D eigenvalue weighted by Gasteiger charge is 2.67. The minimum Gasteiger partial charge on any atom is -0.466 e. The molecule has 6 nitrogen and oxygen atoms in total. The SMILES string of the molecule is CCOC(=O)[C@H]1[C@H](c2ccc(Cl)cc2)NC(=O)N[C@]1(O)C(F)(F)F. The van der Waals surface area contributed by atoms with E-state index in [1.165, 1.54) is 36.5 Å². The fraction of sp³-hybridized carbons (Fsp3) is 0.429. The van der Waals surface area contributed by atoms with Gasteiger partial charge in [0.1, 0.15) is 5.92 Å². The predicted molar refractivity (Wildman–Crippen MR) is 77.0 cm³/mol. The molecule has 24 heavy (non-hydrogen) atoms. The molecule has 0 bridgehead atoms. The van der Waals surface area contributed by atoms with Crippen LogP contribution in [0.5, 0.6) is 0 Å². The molecule has 0 aliphatic carbocycles. The molecule has 132 valence electrons. The van der Waals surface area contributed by atoms with Crippen LogP contribution in [0.1, 0.15) is 18.5 Å². The number of hydrogen-bond acceptors (Lipinski definition) is 4. The zero-order valence-corrected chi connectivity index (χ0v) is 13.1. The van der Waals surface area contributed by atoms with Gasteiger partial charge in [0.15, 0.2) is 0 Å². The van der Waals surface area contributed by atoms with Gasteiger partial charge in [-0.15, -0.1) is 0 Å². The molecule has 2 rings (SSSR count). The Morgan fingerprint density at radius 3 is 2.46 bits per heavy atom. The molecule has 1 aromatic carbocycles. The highest BCUT2D eigenvalue weighted by atomic mass is 35.5. The van der Waals surface area contributed by atoms with E-state index >= 15 is 0 Å². The number of esters is 1. The summed E-state index contributed by atoms with van der Waals surface area (Å²) >= 11 is 5.74. The Morgan fingerprint density at radius 1 is 1.38 bits per heavy atom. The van der Waals surface area contributed by atoms with Crippen molar-refractivity contribution in [3.63, 3.8) is 0 Å². The second-order valence-corrected chi connectivity index (χ2v) is 5.56. The molecule has 1 heterocycles. The van der Waals surface area contributed by atoms with E-state index in [0.717, 1.165) is 0 Å². The first-order valence-electron chi connectivity index (χ1n) is 6.90. The normalized spacial score (nSPS) is 27.2. The second-order valence-electron chi connectivity index (χ2n) is 5.12. The zero-order chi connectivity index (χ0) is 18.1. The first kappa shape index (κ1) is 18.3. The zero-order valence-electron chi connectivity index (χ0n) is 12.4. The van der Waals surface area contributed by atoms with Gasteiger partial charge in [0.2, 0.25) is 0 Å². The molecule has 3 N–H and O–H groups in total. The summed E-state index contributed by atoms with van der Waals surface area (Å²) in [6, 6.07) is 2.75. The molecule has 0 spiro atoms. The summed E-state index contributed by atoms with van der Waals surface area (Å²) < 4.78 is 44.8. The number of aliphatic hydroxyl groups is 1. The summed E-state index contributed by atoms with van der Waals surface area (Å²) in [4.78, 5) is 23.8. The van der Waals surface area contributed by atoms with Crippen LogP contribution in [0.4, 0.5) is 18.0 Å². The minimum absolute atomic E-state index is 0.162. The van der Waals surface area contributed by atoms with Crippen LogP contribution >= 0.6 is 11.6 Å². The molecule has 3 atom stereocenters. The number of carbonyl (C=O) groups is 2. The van der Waals surface area contributed by atoms with Crippen LogP contribution in [0.2, 0.25) is 5.02 Å². The van der Waals surface area contributed by atoms with E-state index in [1.807, 2.05) is 0 Å². The van der Waals surface area contributed by atoms with E-state index in [2.05, 4.69) is 10.1 Å². The van der Waals surface area contributed by atoms with Crippen molar-refractivity contribution in [2.45, 2.75) is 24.9 Å². The van der Waals surface area contributed by atoms with E-state index < -0.39 is 35.9 Å². The van der Waals surface area contributed by atoms with Crippen molar-refractivity contribution >= 4 is 23.6 Å². The predicted octanol–water partition coefficient (Wildman–Crippen LogP) is 2.12. The van der Waals surface area contributed by atoms with Gasteiger partial charge in [-0.1, -0.05) is 23.7 Å². The van der Waals surface area contributed by atoms with Crippen LogP contribution in [0, 0.1) is 5.92 Å². The highest BCUT2D eigenvalue weighted by molar-refractivity contribution is 6.30. The molecule has 0 aromatic heterocycles. The van der Waals surface area contributed by atoms with Crippen molar-refractivity contribution < 1.29 is 32.6 Å². The maximum Gasteiger partial charge on any atom is 0.437 e. The molecule has 1 fully saturated rings. The Balaban J connectivity index is 2.55. The summed E-state index contributed by atoms with van der Waals surface area (Å²) in [6.45, 7) is 1.22. The van der Waals surface area contributed by atoms with Crippen molar-refractivity contribution in [1.82, 2.24) is 10.6 Å². The quantitative estimate of drug-likeness (QED) is 0.715. The van der Waals surface area contributed by atoms with Crippen molar-refractivity contribution in [3.05, 3.63) is 34.9 Å². The van der Waals surface area contributed by atoms with E-state index in [9.17, 15) is 27.9 Å². The molecule has 0 unspecified atom stereocenters. The number of ether oxygens (including phenoxy) is 1. The number of halogens is 4. The van der Waals surface area contributed by atoms with E-state index in [1.54, 1.807) is 0 Å². The summed E-state index contributed by atoms with van der Waals surface area (Å²) in [5.74, 6) is -3.44. The summed E-state index contributed by atoms with van der Waals surface area (Å²) in [7, 11) is 0. The van der Waals surface area contributed by atoms with Crippen molar-refractivity contribution in [2.24, 2.45) is 5.92 Å². The average molecular weight is 367 g/mol. The molecule has 2 amide bonds. The number of amides is 2. The van der Waals surface area contributed by atoms with E-state index in [-0.39, 0.29) is 12.2 Å². The number of hydrogen-bond donors (Lipinski definition) is 3. The number of carbonyl (C=O) groups excluding carboxylic acids is 2. The van der Waals surface area contributed by atoms with Crippen LogP contribution in [-0.2, 0) is 9.53 Å². The Kier molecular flexibility index (Phi) is 4.95. The Labute approximate surface area is 139 Å². The van der Waals surface area contributed by atoms with E-state index in [4.69, 9.17) is 11.6 Å². The molecule has 10 heteroatoms. The molecular weight excluding hydrogens is 353 g/mol. The highest BCUT2D eigenvalue weighted by Crippen LogP contribution is 2.43. The topological polar surface area (TPSA) is 87.7 Å². The lowest BCUT2D eigenvalue weighted by atomic mass is 9.82. The fourth-order valence-electron chi connectivity index (χ4n) is 2.48. The first-order chi connectivity index (χ1) is 11.1. The molecule has 1 aliphatic heterocycles. The molecular formula is C14H14ClF3N2O4. The lowest BCUT2D eigenvalue weighted by molar-refractivity contribution is -0.294. The average Bonchev–Trinajstić information content (AvgIpc) is 2.46. The van der Waals surface area contributed by atoms with Gasteiger partial charge in [-0.05, 0) is 24.6 Å². The van der Waals surface area contributed by atoms with Crippen LogP contribution in [0.15, 0.2) is 24.3 Å². The number of urea groups is 1. The van der Waals surface area contributed by atoms with Crippen LogP contribution in [0.25, 0.3) is 0 Å². The molecule has 0 saturated carbocycles. The number of rotatable bonds is 3. The summed E-state index contributed by atoms with van der Waals surface area (Å²) in [6.07, 6.45) is -5.30. The van der Waals surface area contributed by atoms with Crippen molar-refractivity contribution in [3.8, 4) is 0 Å². The van der Waals surface area contributed by atoms with Gasteiger partial charge in [-0.3, -0.25) is 4.79 Å². The molecule has 1 aromatic rings. The van der Waals surface area contributed by atoms with Gasteiger partial charge in [0, 0.05) is 5.02 Å². The van der Waals surface area contributed by atoms with E-state index in [0.29, 0.717) is 5.02 Å². The second kappa shape index (κ2) is 6.48. The van der Waals surface area contributed by atoms with Gasteiger partial charge < -0.3 is 20.5 Å². The number of nitrogens with one attached hydrogen (secondary N) is 2. The fourth-order valence-corrected chi connectivity index (χ4v) is 2.61. The van der Waals surface area contributed by atoms with Gasteiger partial charge >= 0.3 is 18.2 Å². The maximum absolute atomic E-state index is 13.4. The largest absolute Gasteiger partial charge is 0.466 e. The summed E-state index contributed by atoms with van der Waals surface area (Å²) in [5, 5.41) is 14.0. The van der Waals surface area contributed by atoms with Gasteiger partial charge in [-0.25, -0.2) is 4.79 Å². The lowest BCUT2D eigenvalue weighted by Gasteiger charge is -2.44. The van der Waals surface area contributed by atoms with Crippen LogP contribution < -0.4 is 10.6 Å².